The van der Waals surface area contributed by atoms with Gasteiger partial charge in [-0.25, -0.2) is 0 Å². The van der Waals surface area contributed by atoms with Gasteiger partial charge in [0.25, 0.3) is 0 Å². The maximum absolute atomic E-state index is 6.19. The number of halogens is 1. The molecule has 2 rings (SSSR count). The minimum Gasteiger partial charge on any atom is -0.381 e. The molecule has 1 aromatic rings. The molecule has 2 heterocycles. The summed E-state index contributed by atoms with van der Waals surface area (Å²) in [7, 11) is 1.95. The number of thiophene rings is 1. The Labute approximate surface area is 93.2 Å². The van der Waals surface area contributed by atoms with Crippen molar-refractivity contribution in [3.8, 4) is 0 Å². The summed E-state index contributed by atoms with van der Waals surface area (Å²) in [6.45, 7) is 2.61. The molecule has 0 radical (unpaired) electrons. The molecule has 0 aliphatic carbocycles. The van der Waals surface area contributed by atoms with Crippen molar-refractivity contribution in [2.45, 2.75) is 18.9 Å². The summed E-state index contributed by atoms with van der Waals surface area (Å²) < 4.78 is 5.37. The van der Waals surface area contributed by atoms with Crippen LogP contribution in [0.5, 0.6) is 0 Å². The number of rotatable bonds is 3. The molecule has 1 atom stereocenters. The molecule has 1 aliphatic rings. The van der Waals surface area contributed by atoms with Crippen molar-refractivity contribution < 1.29 is 4.74 Å². The van der Waals surface area contributed by atoms with Crippen LogP contribution in [0.1, 0.15) is 22.1 Å². The minimum atomic E-state index is 0.526. The molecule has 4 heteroatoms. The third-order valence-corrected chi connectivity index (χ3v) is 4.14. The molecular weight excluding hydrogens is 218 g/mol. The minimum absolute atomic E-state index is 0.526. The zero-order chi connectivity index (χ0) is 9.97. The molecule has 1 aliphatic heterocycles. The first-order valence-corrected chi connectivity index (χ1v) is 6.01. The van der Waals surface area contributed by atoms with Crippen LogP contribution in [0, 0.1) is 0 Å². The Morgan fingerprint density at radius 2 is 2.57 bits per heavy atom. The molecule has 1 N–H and O–H groups in total. The van der Waals surface area contributed by atoms with Gasteiger partial charge < -0.3 is 10.1 Å². The van der Waals surface area contributed by atoms with E-state index in [1.807, 2.05) is 7.05 Å². The molecule has 2 nitrogen and oxygen atoms in total. The maximum Gasteiger partial charge on any atom is 0.0552 e. The van der Waals surface area contributed by atoms with Crippen LogP contribution in [-0.2, 0) is 11.3 Å². The van der Waals surface area contributed by atoms with Crippen LogP contribution in [0.3, 0.4) is 0 Å². The average molecular weight is 232 g/mol. The van der Waals surface area contributed by atoms with E-state index in [1.165, 1.54) is 9.75 Å². The summed E-state index contributed by atoms with van der Waals surface area (Å²) >= 11 is 7.99. The van der Waals surface area contributed by atoms with Gasteiger partial charge in [0.15, 0.2) is 0 Å². The van der Waals surface area contributed by atoms with Crippen LogP contribution in [-0.4, -0.2) is 20.3 Å². The van der Waals surface area contributed by atoms with Gasteiger partial charge in [-0.2, -0.15) is 0 Å². The van der Waals surface area contributed by atoms with E-state index >= 15 is 0 Å². The van der Waals surface area contributed by atoms with E-state index in [4.69, 9.17) is 16.3 Å². The van der Waals surface area contributed by atoms with E-state index in [9.17, 15) is 0 Å². The summed E-state index contributed by atoms with van der Waals surface area (Å²) in [5.41, 5.74) is 0. The molecule has 1 saturated heterocycles. The quantitative estimate of drug-likeness (QED) is 0.864. The number of hydrogen-bond acceptors (Lipinski definition) is 3. The molecule has 78 valence electrons. The third kappa shape index (κ3) is 2.11. The summed E-state index contributed by atoms with van der Waals surface area (Å²) in [5, 5.41) is 4.05. The van der Waals surface area contributed by atoms with Crippen molar-refractivity contribution >= 4 is 22.9 Å². The summed E-state index contributed by atoms with van der Waals surface area (Å²) in [4.78, 5) is 2.61. The standard InChI is InChI=1S/C10H14ClNOS/c1-12-5-8-4-9(11)10(14-8)7-2-3-13-6-7/h4,7,12H,2-3,5-6H2,1H3. The lowest BCUT2D eigenvalue weighted by Gasteiger charge is -2.03. The van der Waals surface area contributed by atoms with E-state index in [-0.39, 0.29) is 0 Å². The Balaban J connectivity index is 2.15. The zero-order valence-electron chi connectivity index (χ0n) is 8.18. The van der Waals surface area contributed by atoms with Gasteiger partial charge in [-0.1, -0.05) is 11.6 Å². The Morgan fingerprint density at radius 1 is 1.71 bits per heavy atom. The van der Waals surface area contributed by atoms with Crippen molar-refractivity contribution in [1.82, 2.24) is 5.32 Å². The summed E-state index contributed by atoms with van der Waals surface area (Å²) in [6, 6.07) is 2.07. The van der Waals surface area contributed by atoms with E-state index in [1.54, 1.807) is 11.3 Å². The fourth-order valence-corrected chi connectivity index (χ4v) is 3.36. The highest BCUT2D eigenvalue weighted by Crippen LogP contribution is 2.37. The lowest BCUT2D eigenvalue weighted by Crippen LogP contribution is -2.02. The molecule has 0 aromatic carbocycles. The predicted molar refractivity (Wildman–Crippen MR) is 60.3 cm³/mol. The van der Waals surface area contributed by atoms with Crippen LogP contribution in [0.4, 0.5) is 0 Å². The molecule has 0 bridgehead atoms. The fourth-order valence-electron chi connectivity index (χ4n) is 1.71. The highest BCUT2D eigenvalue weighted by Gasteiger charge is 2.22. The van der Waals surface area contributed by atoms with Crippen LogP contribution < -0.4 is 5.32 Å². The highest BCUT2D eigenvalue weighted by atomic mass is 35.5. The third-order valence-electron chi connectivity index (χ3n) is 2.42. The van der Waals surface area contributed by atoms with Gasteiger partial charge in [-0.15, -0.1) is 11.3 Å². The zero-order valence-corrected chi connectivity index (χ0v) is 9.75. The SMILES string of the molecule is CNCc1cc(Cl)c(C2CCOC2)s1. The first kappa shape index (κ1) is 10.4. The maximum atomic E-state index is 6.19. The number of nitrogens with one attached hydrogen (secondary N) is 1. The van der Waals surface area contributed by atoms with Crippen LogP contribution in [0.2, 0.25) is 5.02 Å². The van der Waals surface area contributed by atoms with Gasteiger partial charge in [0.2, 0.25) is 0 Å². The fraction of sp³-hybridized carbons (Fsp3) is 0.600. The number of hydrogen-bond donors (Lipinski definition) is 1. The monoisotopic (exact) mass is 231 g/mol. The van der Waals surface area contributed by atoms with Gasteiger partial charge in [0.1, 0.15) is 0 Å². The Morgan fingerprint density at radius 3 is 3.21 bits per heavy atom. The second kappa shape index (κ2) is 4.62. The normalized spacial score (nSPS) is 21.7. The Kier molecular flexibility index (Phi) is 3.44. The molecule has 1 aromatic heterocycles. The van der Waals surface area contributed by atoms with Crippen molar-refractivity contribution in [1.29, 1.82) is 0 Å². The van der Waals surface area contributed by atoms with Crippen LogP contribution in [0.15, 0.2) is 6.07 Å². The topological polar surface area (TPSA) is 21.3 Å². The van der Waals surface area contributed by atoms with Crippen molar-refractivity contribution in [2.24, 2.45) is 0 Å². The largest absolute Gasteiger partial charge is 0.381 e. The molecule has 0 spiro atoms. The second-order valence-corrected chi connectivity index (χ2v) is 5.09. The molecule has 0 amide bonds. The summed E-state index contributed by atoms with van der Waals surface area (Å²) in [5.74, 6) is 0.526. The van der Waals surface area contributed by atoms with Crippen molar-refractivity contribution in [2.75, 3.05) is 20.3 Å². The molecule has 1 unspecified atom stereocenters. The van der Waals surface area contributed by atoms with Gasteiger partial charge in [0.05, 0.1) is 11.6 Å². The van der Waals surface area contributed by atoms with Crippen LogP contribution >= 0.6 is 22.9 Å². The van der Waals surface area contributed by atoms with E-state index in [0.29, 0.717) is 5.92 Å². The second-order valence-electron chi connectivity index (χ2n) is 3.52. The van der Waals surface area contributed by atoms with E-state index in [2.05, 4.69) is 11.4 Å². The molecule has 1 fully saturated rings. The van der Waals surface area contributed by atoms with E-state index < -0.39 is 0 Å². The molecule has 14 heavy (non-hydrogen) atoms. The molecular formula is C10H14ClNOS. The Bertz CT molecular complexity index is 307. The predicted octanol–water partition coefficient (Wildman–Crippen LogP) is 2.62. The molecule has 0 saturated carbocycles. The van der Waals surface area contributed by atoms with Crippen molar-refractivity contribution in [3.63, 3.8) is 0 Å². The highest BCUT2D eigenvalue weighted by molar-refractivity contribution is 7.12. The first-order chi connectivity index (χ1) is 6.81. The summed E-state index contributed by atoms with van der Waals surface area (Å²) in [6.07, 6.45) is 1.11. The lowest BCUT2D eigenvalue weighted by molar-refractivity contribution is 0.194. The van der Waals surface area contributed by atoms with Gasteiger partial charge in [0, 0.05) is 28.8 Å². The Hall–Kier alpha value is -0.0900. The van der Waals surface area contributed by atoms with Gasteiger partial charge in [-0.3, -0.25) is 0 Å². The van der Waals surface area contributed by atoms with Gasteiger partial charge >= 0.3 is 0 Å². The smallest absolute Gasteiger partial charge is 0.0552 e. The van der Waals surface area contributed by atoms with Gasteiger partial charge in [-0.05, 0) is 19.5 Å². The first-order valence-electron chi connectivity index (χ1n) is 4.81. The van der Waals surface area contributed by atoms with Crippen LogP contribution in [0.25, 0.3) is 0 Å². The average Bonchev–Trinajstić information content (AvgIpc) is 2.74. The van der Waals surface area contributed by atoms with E-state index in [0.717, 1.165) is 31.2 Å². The van der Waals surface area contributed by atoms with Crippen molar-refractivity contribution in [3.05, 3.63) is 20.8 Å². The lowest BCUT2D eigenvalue weighted by atomic mass is 10.1. The number of ether oxygens (including phenoxy) is 1.